The number of nitrogens with one attached hydrogen (secondary N) is 2. The van der Waals surface area contributed by atoms with E-state index in [9.17, 15) is 8.42 Å². The molecule has 1 aromatic heterocycles. The van der Waals surface area contributed by atoms with Crippen LogP contribution in [0, 0.1) is 5.92 Å². The third-order valence-corrected chi connectivity index (χ3v) is 8.04. The fraction of sp³-hybridized carbons (Fsp3) is 0.423. The number of imidazole rings is 1. The van der Waals surface area contributed by atoms with E-state index < -0.39 is 10.0 Å². The summed E-state index contributed by atoms with van der Waals surface area (Å²) in [6.45, 7) is 1.84. The lowest BCUT2D eigenvalue weighted by Crippen LogP contribution is -2.44. The van der Waals surface area contributed by atoms with E-state index in [4.69, 9.17) is 4.74 Å². The second-order valence-electron chi connectivity index (χ2n) is 9.47. The standard InChI is InChI=1S/C26H32N4O3S/c1-30-16-26(28-18-30)34(31,32)29-15-21-9-10-25-23(14-21)22(13-20-5-3-2-4-6-20)24(17-33-25)27-12-11-19-7-8-19/h2-6,9-10,14,16,18-19,22,24,27,29H,7-8,11-13,15,17H2,1H3/t22-,24+/m1/s1. The van der Waals surface area contributed by atoms with Crippen molar-refractivity contribution < 1.29 is 13.2 Å². The zero-order chi connectivity index (χ0) is 23.5. The molecule has 2 N–H and O–H groups in total. The molecular formula is C26H32N4O3S. The summed E-state index contributed by atoms with van der Waals surface area (Å²) < 4.78 is 35.7. The Balaban J connectivity index is 1.35. The fourth-order valence-corrected chi connectivity index (χ4v) is 5.62. The Hall–Kier alpha value is -2.68. The highest BCUT2D eigenvalue weighted by Crippen LogP contribution is 2.37. The van der Waals surface area contributed by atoms with Crippen LogP contribution in [0.4, 0.5) is 0 Å². The van der Waals surface area contributed by atoms with Gasteiger partial charge in [-0.2, -0.15) is 0 Å². The van der Waals surface area contributed by atoms with Crippen LogP contribution >= 0.6 is 0 Å². The van der Waals surface area contributed by atoms with Crippen molar-refractivity contribution >= 4 is 10.0 Å². The molecule has 0 amide bonds. The largest absolute Gasteiger partial charge is 0.492 e. The van der Waals surface area contributed by atoms with Crippen molar-refractivity contribution in [1.82, 2.24) is 19.6 Å². The maximum atomic E-state index is 12.6. The Kier molecular flexibility index (Phi) is 6.72. The molecule has 1 fully saturated rings. The molecular weight excluding hydrogens is 448 g/mol. The fourth-order valence-electron chi connectivity index (χ4n) is 4.62. The number of sulfonamides is 1. The number of hydrogen-bond acceptors (Lipinski definition) is 5. The maximum Gasteiger partial charge on any atom is 0.259 e. The average Bonchev–Trinajstić information content (AvgIpc) is 3.56. The van der Waals surface area contributed by atoms with Crippen molar-refractivity contribution in [1.29, 1.82) is 0 Å². The second-order valence-corrected chi connectivity index (χ2v) is 11.2. The number of hydrogen-bond donors (Lipinski definition) is 2. The van der Waals surface area contributed by atoms with Crippen LogP contribution in [0.15, 0.2) is 66.1 Å². The zero-order valence-corrected chi connectivity index (χ0v) is 20.3. The van der Waals surface area contributed by atoms with Gasteiger partial charge in [0.15, 0.2) is 5.03 Å². The molecule has 2 heterocycles. The van der Waals surface area contributed by atoms with Crippen LogP contribution < -0.4 is 14.8 Å². The smallest absolute Gasteiger partial charge is 0.259 e. The Labute approximate surface area is 201 Å². The molecule has 0 radical (unpaired) electrons. The number of aromatic nitrogens is 2. The normalized spacial score (nSPS) is 20.0. The predicted octanol–water partition coefficient (Wildman–Crippen LogP) is 3.38. The summed E-state index contributed by atoms with van der Waals surface area (Å²) in [5, 5.41) is 3.78. The first-order chi connectivity index (χ1) is 16.5. The van der Waals surface area contributed by atoms with Gasteiger partial charge in [-0.15, -0.1) is 0 Å². The van der Waals surface area contributed by atoms with Crippen molar-refractivity contribution in [3.63, 3.8) is 0 Å². The topological polar surface area (TPSA) is 85.2 Å². The van der Waals surface area contributed by atoms with Gasteiger partial charge in [0.25, 0.3) is 10.0 Å². The van der Waals surface area contributed by atoms with E-state index in [1.165, 1.54) is 37.4 Å². The quantitative estimate of drug-likeness (QED) is 0.465. The summed E-state index contributed by atoms with van der Waals surface area (Å²) >= 11 is 0. The van der Waals surface area contributed by atoms with E-state index in [1.807, 2.05) is 18.2 Å². The van der Waals surface area contributed by atoms with Gasteiger partial charge in [0.2, 0.25) is 0 Å². The van der Waals surface area contributed by atoms with E-state index in [1.54, 1.807) is 11.6 Å². The molecule has 2 aliphatic rings. The molecule has 8 heteroatoms. The van der Waals surface area contributed by atoms with Crippen molar-refractivity contribution in [3.8, 4) is 5.75 Å². The van der Waals surface area contributed by atoms with Gasteiger partial charge in [0.05, 0.1) is 6.33 Å². The lowest BCUT2D eigenvalue weighted by atomic mass is 9.83. The molecule has 0 saturated heterocycles. The van der Waals surface area contributed by atoms with Crippen LogP contribution in [0.25, 0.3) is 0 Å². The number of nitrogens with zero attached hydrogens (tertiary/aromatic N) is 2. The zero-order valence-electron chi connectivity index (χ0n) is 19.5. The van der Waals surface area contributed by atoms with E-state index in [0.29, 0.717) is 6.61 Å². The Bertz CT molecular complexity index is 1220. The van der Waals surface area contributed by atoms with Gasteiger partial charge in [0.1, 0.15) is 12.4 Å². The van der Waals surface area contributed by atoms with E-state index in [-0.39, 0.29) is 23.5 Å². The molecule has 0 bridgehead atoms. The van der Waals surface area contributed by atoms with Gasteiger partial charge < -0.3 is 14.6 Å². The highest BCUT2D eigenvalue weighted by Gasteiger charge is 2.32. The minimum absolute atomic E-state index is 0.0261. The number of fused-ring (bicyclic) bond motifs is 1. The van der Waals surface area contributed by atoms with Crippen LogP contribution in [0.3, 0.4) is 0 Å². The summed E-state index contributed by atoms with van der Waals surface area (Å²) in [7, 11) is -1.92. The molecule has 1 saturated carbocycles. The molecule has 0 spiro atoms. The number of benzene rings is 2. The summed E-state index contributed by atoms with van der Waals surface area (Å²) in [5.41, 5.74) is 3.32. The summed E-state index contributed by atoms with van der Waals surface area (Å²) in [6, 6.07) is 16.7. The van der Waals surface area contributed by atoms with Crippen molar-refractivity contribution in [2.75, 3.05) is 13.2 Å². The second kappa shape index (κ2) is 9.90. The van der Waals surface area contributed by atoms with Crippen molar-refractivity contribution in [2.24, 2.45) is 13.0 Å². The van der Waals surface area contributed by atoms with E-state index >= 15 is 0 Å². The number of aryl methyl sites for hydroxylation is 1. The van der Waals surface area contributed by atoms with Gasteiger partial charge in [-0.05, 0) is 48.1 Å². The first kappa shape index (κ1) is 23.1. The summed E-state index contributed by atoms with van der Waals surface area (Å²) in [4.78, 5) is 3.97. The highest BCUT2D eigenvalue weighted by molar-refractivity contribution is 7.89. The van der Waals surface area contributed by atoms with Crippen LogP contribution in [-0.4, -0.2) is 37.2 Å². The molecule has 1 aliphatic heterocycles. The highest BCUT2D eigenvalue weighted by atomic mass is 32.2. The van der Waals surface area contributed by atoms with Crippen molar-refractivity contribution in [2.45, 2.75) is 49.2 Å². The minimum Gasteiger partial charge on any atom is -0.492 e. The van der Waals surface area contributed by atoms with Crippen LogP contribution in [-0.2, 0) is 30.0 Å². The first-order valence-electron chi connectivity index (χ1n) is 12.0. The summed E-state index contributed by atoms with van der Waals surface area (Å²) in [6.07, 6.45) is 7.82. The molecule has 2 aromatic carbocycles. The lowest BCUT2D eigenvalue weighted by molar-refractivity contribution is 0.211. The van der Waals surface area contributed by atoms with Crippen LogP contribution in [0.1, 0.15) is 41.9 Å². The maximum absolute atomic E-state index is 12.6. The van der Waals surface area contributed by atoms with E-state index in [2.05, 4.69) is 45.4 Å². The Morgan fingerprint density at radius 3 is 2.68 bits per heavy atom. The predicted molar refractivity (Wildman–Crippen MR) is 131 cm³/mol. The SMILES string of the molecule is Cn1cnc(S(=O)(=O)NCc2ccc3c(c2)[C@@H](Cc2ccccc2)[C@@H](NCCC2CC2)CO3)c1. The molecule has 3 aromatic rings. The van der Waals surface area contributed by atoms with Gasteiger partial charge in [0, 0.05) is 31.7 Å². The van der Waals surface area contributed by atoms with Gasteiger partial charge in [-0.1, -0.05) is 55.3 Å². The van der Waals surface area contributed by atoms with E-state index in [0.717, 1.165) is 35.8 Å². The Morgan fingerprint density at radius 2 is 1.94 bits per heavy atom. The molecule has 0 unspecified atom stereocenters. The molecule has 34 heavy (non-hydrogen) atoms. The molecule has 7 nitrogen and oxygen atoms in total. The monoisotopic (exact) mass is 480 g/mol. The van der Waals surface area contributed by atoms with Gasteiger partial charge in [-0.3, -0.25) is 0 Å². The average molecular weight is 481 g/mol. The Morgan fingerprint density at radius 1 is 1.12 bits per heavy atom. The molecule has 2 atom stereocenters. The first-order valence-corrected chi connectivity index (χ1v) is 13.5. The third-order valence-electron chi connectivity index (χ3n) is 6.76. The van der Waals surface area contributed by atoms with Gasteiger partial charge in [-0.25, -0.2) is 18.1 Å². The third kappa shape index (κ3) is 5.51. The molecule has 1 aliphatic carbocycles. The molecule has 5 rings (SSSR count). The minimum atomic E-state index is -3.67. The van der Waals surface area contributed by atoms with Crippen LogP contribution in [0.5, 0.6) is 5.75 Å². The summed E-state index contributed by atoms with van der Waals surface area (Å²) in [5.74, 6) is 2.02. The van der Waals surface area contributed by atoms with Crippen molar-refractivity contribution in [3.05, 3.63) is 77.7 Å². The lowest BCUT2D eigenvalue weighted by Gasteiger charge is -2.35. The molecule has 180 valence electrons. The number of rotatable bonds is 10. The van der Waals surface area contributed by atoms with Gasteiger partial charge >= 0.3 is 0 Å². The number of ether oxygens (including phenoxy) is 1. The van der Waals surface area contributed by atoms with Crippen LogP contribution in [0.2, 0.25) is 0 Å².